The zero-order chi connectivity index (χ0) is 19.7. The molecule has 0 radical (unpaired) electrons. The lowest BCUT2D eigenvalue weighted by atomic mass is 9.85. The molecule has 154 valence electrons. The highest BCUT2D eigenvalue weighted by molar-refractivity contribution is 7.93. The number of allylic oxidation sites excluding steroid dienone is 1. The van der Waals surface area contributed by atoms with Gasteiger partial charge in [-0.3, -0.25) is 0 Å². The maximum absolute atomic E-state index is 9.61. The van der Waals surface area contributed by atoms with Crippen molar-refractivity contribution in [1.82, 2.24) is 9.88 Å². The smallest absolute Gasteiger partial charge is 0.233 e. The molecule has 1 saturated carbocycles. The van der Waals surface area contributed by atoms with Crippen molar-refractivity contribution >= 4 is 12.0 Å². The van der Waals surface area contributed by atoms with Gasteiger partial charge in [-0.1, -0.05) is 0 Å². The number of rotatable bonds is 7. The third-order valence-electron chi connectivity index (χ3n) is 5.82. The second kappa shape index (κ2) is 7.93. The van der Waals surface area contributed by atoms with E-state index in [1.165, 1.54) is 0 Å². The predicted octanol–water partition coefficient (Wildman–Crippen LogP) is 4.12. The number of H-pyrrole nitrogens is 1. The minimum atomic E-state index is -0.325. The minimum absolute atomic E-state index is 0.136. The first-order valence-electron chi connectivity index (χ1n) is 9.72. The Kier molecular flexibility index (Phi) is 5.53. The highest BCUT2D eigenvalue weighted by Crippen LogP contribution is 2.54. The van der Waals surface area contributed by atoms with Gasteiger partial charge in [0.05, 0.1) is 19.4 Å². The molecular weight excluding hydrogens is 380 g/mol. The molecule has 0 saturated heterocycles. The number of methoxy groups -OCH3 is 2. The fourth-order valence-electron chi connectivity index (χ4n) is 4.59. The summed E-state index contributed by atoms with van der Waals surface area (Å²) in [6.07, 6.45) is 7.00. The van der Waals surface area contributed by atoms with E-state index in [0.717, 1.165) is 66.2 Å². The van der Waals surface area contributed by atoms with Gasteiger partial charge in [0.2, 0.25) is 5.88 Å². The number of aromatic nitrogens is 1. The van der Waals surface area contributed by atoms with E-state index in [2.05, 4.69) is 4.98 Å². The predicted molar refractivity (Wildman–Crippen MR) is 106 cm³/mol. The molecule has 1 aromatic rings. The summed E-state index contributed by atoms with van der Waals surface area (Å²) >= 11 is 0.739. The molecule has 8 heteroatoms. The van der Waals surface area contributed by atoms with Crippen molar-refractivity contribution in [3.05, 3.63) is 40.8 Å². The highest BCUT2D eigenvalue weighted by atomic mass is 32.2. The van der Waals surface area contributed by atoms with Crippen molar-refractivity contribution in [2.24, 2.45) is 0 Å². The lowest BCUT2D eigenvalue weighted by Crippen LogP contribution is -2.41. The van der Waals surface area contributed by atoms with Crippen LogP contribution in [0.5, 0.6) is 0 Å². The number of fused-ring (bicyclic) bond motifs is 4. The molecule has 1 aromatic heterocycles. The largest absolute Gasteiger partial charge is 0.488 e. The van der Waals surface area contributed by atoms with Gasteiger partial charge in [-0.2, -0.15) is 0 Å². The number of aromatic amines is 1. The van der Waals surface area contributed by atoms with Crippen molar-refractivity contribution in [2.45, 2.75) is 48.8 Å². The van der Waals surface area contributed by atoms with E-state index in [9.17, 15) is 4.55 Å². The van der Waals surface area contributed by atoms with Gasteiger partial charge in [-0.25, -0.2) is 0 Å². The van der Waals surface area contributed by atoms with E-state index in [0.29, 0.717) is 24.9 Å². The number of nitrogens with zero attached hydrogens (tertiary/aromatic N) is 1. The molecule has 0 aromatic carbocycles. The zero-order valence-electron chi connectivity index (χ0n) is 16.6. The van der Waals surface area contributed by atoms with E-state index in [-0.39, 0.29) is 11.6 Å². The normalized spacial score (nSPS) is 22.6. The Morgan fingerprint density at radius 3 is 2.79 bits per heavy atom. The Hall–Kier alpha value is -1.77. The topological polar surface area (TPSA) is 76.2 Å². The van der Waals surface area contributed by atoms with Crippen LogP contribution in [0.25, 0.3) is 0 Å². The van der Waals surface area contributed by atoms with Crippen molar-refractivity contribution in [3.63, 3.8) is 0 Å². The standard InChI is InChI=1S/C20H28N2O5S/c1-22-18-14(12-15(19(22)25-3)26-10-6-9-24-2)27-20(7-4-5-8-20)13-11-16(28-23)21-17(13)18/h11-12,18,21,23H,4-10H2,1-3H3. The monoisotopic (exact) mass is 408 g/mol. The molecule has 0 bridgehead atoms. The zero-order valence-corrected chi connectivity index (χ0v) is 17.4. The summed E-state index contributed by atoms with van der Waals surface area (Å²) in [4.78, 5) is 5.43. The Labute approximate surface area is 169 Å². The Balaban J connectivity index is 1.71. The maximum Gasteiger partial charge on any atom is 0.233 e. The summed E-state index contributed by atoms with van der Waals surface area (Å²) in [6, 6.07) is 1.89. The number of hydrogen-bond donors (Lipinski definition) is 2. The van der Waals surface area contributed by atoms with Crippen LogP contribution in [-0.4, -0.2) is 48.9 Å². The fraction of sp³-hybridized carbons (Fsp3) is 0.600. The first kappa shape index (κ1) is 19.5. The van der Waals surface area contributed by atoms with Crippen LogP contribution in [-0.2, 0) is 24.5 Å². The van der Waals surface area contributed by atoms with Crippen LogP contribution in [0.4, 0.5) is 0 Å². The first-order valence-corrected chi connectivity index (χ1v) is 10.5. The summed E-state index contributed by atoms with van der Waals surface area (Å²) in [6.45, 7) is 1.19. The van der Waals surface area contributed by atoms with Gasteiger partial charge in [0.15, 0.2) is 5.76 Å². The molecule has 3 aliphatic rings. The van der Waals surface area contributed by atoms with Gasteiger partial charge in [-0.05, 0) is 31.7 Å². The molecule has 7 nitrogen and oxygen atoms in total. The van der Waals surface area contributed by atoms with Crippen LogP contribution in [0.3, 0.4) is 0 Å². The van der Waals surface area contributed by atoms with Crippen molar-refractivity contribution < 1.29 is 23.5 Å². The van der Waals surface area contributed by atoms with Crippen LogP contribution in [0.1, 0.15) is 49.4 Å². The molecule has 2 aliphatic heterocycles. The quantitative estimate of drug-likeness (QED) is 0.519. The van der Waals surface area contributed by atoms with Gasteiger partial charge in [0.1, 0.15) is 22.4 Å². The molecule has 1 atom stereocenters. The van der Waals surface area contributed by atoms with Gasteiger partial charge >= 0.3 is 0 Å². The van der Waals surface area contributed by atoms with Crippen molar-refractivity contribution in [2.75, 3.05) is 34.5 Å². The number of nitrogens with one attached hydrogen (secondary N) is 1. The molecule has 1 fully saturated rings. The average molecular weight is 409 g/mol. The van der Waals surface area contributed by atoms with E-state index >= 15 is 0 Å². The van der Waals surface area contributed by atoms with E-state index in [1.54, 1.807) is 14.2 Å². The molecule has 0 amide bonds. The van der Waals surface area contributed by atoms with E-state index < -0.39 is 0 Å². The van der Waals surface area contributed by atoms with Crippen LogP contribution in [0.2, 0.25) is 0 Å². The third-order valence-corrected chi connectivity index (χ3v) is 6.23. The second-order valence-corrected chi connectivity index (χ2v) is 8.11. The lowest BCUT2D eigenvalue weighted by molar-refractivity contribution is -0.0434. The van der Waals surface area contributed by atoms with Crippen LogP contribution >= 0.6 is 12.0 Å². The number of ether oxygens (including phenoxy) is 4. The highest BCUT2D eigenvalue weighted by Gasteiger charge is 2.50. The molecule has 4 rings (SSSR count). The summed E-state index contributed by atoms with van der Waals surface area (Å²) in [5, 5.41) is 0.735. The fourth-order valence-corrected chi connectivity index (χ4v) is 4.92. The SMILES string of the molecule is COCCCOC1=C(OC)N(C)C2C(=C1)OC1(CCCC1)c1cc(SO)[nH]c12. The Morgan fingerprint density at radius 2 is 2.11 bits per heavy atom. The molecule has 1 spiro atoms. The molecule has 1 unspecified atom stereocenters. The van der Waals surface area contributed by atoms with Crippen LogP contribution in [0.15, 0.2) is 34.6 Å². The van der Waals surface area contributed by atoms with E-state index in [1.807, 2.05) is 24.1 Å². The minimum Gasteiger partial charge on any atom is -0.488 e. The second-order valence-electron chi connectivity index (χ2n) is 7.48. The summed E-state index contributed by atoms with van der Waals surface area (Å²) in [5.74, 6) is 2.19. The molecule has 3 heterocycles. The first-order chi connectivity index (χ1) is 13.6. The van der Waals surface area contributed by atoms with Crippen LogP contribution in [0, 0.1) is 0 Å². The third kappa shape index (κ3) is 3.17. The summed E-state index contributed by atoms with van der Waals surface area (Å²) in [5.41, 5.74) is 1.89. The average Bonchev–Trinajstić information content (AvgIpc) is 3.33. The Morgan fingerprint density at radius 1 is 1.32 bits per heavy atom. The molecular formula is C20H28N2O5S. The van der Waals surface area contributed by atoms with Gasteiger partial charge in [0.25, 0.3) is 0 Å². The Bertz CT molecular complexity index is 782. The summed E-state index contributed by atoms with van der Waals surface area (Å²) < 4.78 is 33.0. The van der Waals surface area contributed by atoms with E-state index in [4.69, 9.17) is 18.9 Å². The van der Waals surface area contributed by atoms with Crippen molar-refractivity contribution in [1.29, 1.82) is 0 Å². The molecule has 1 aliphatic carbocycles. The van der Waals surface area contributed by atoms with Crippen molar-refractivity contribution in [3.8, 4) is 0 Å². The van der Waals surface area contributed by atoms with Gasteiger partial charge < -0.3 is 33.4 Å². The summed E-state index contributed by atoms with van der Waals surface area (Å²) in [7, 11) is 5.31. The lowest BCUT2D eigenvalue weighted by Gasteiger charge is -2.45. The molecule has 28 heavy (non-hydrogen) atoms. The number of likely N-dealkylation sites (N-methyl/N-ethyl adjacent to an activating group) is 1. The number of hydrogen-bond acceptors (Lipinski definition) is 7. The van der Waals surface area contributed by atoms with Gasteiger partial charge in [-0.15, -0.1) is 0 Å². The van der Waals surface area contributed by atoms with Gasteiger partial charge in [0, 0.05) is 50.9 Å². The molecule has 2 N–H and O–H groups in total. The van der Waals surface area contributed by atoms with Crippen LogP contribution < -0.4 is 0 Å². The maximum atomic E-state index is 9.61.